The van der Waals surface area contributed by atoms with Gasteiger partial charge >= 0.3 is 11.8 Å². The average molecular weight is 298 g/mol. The molecule has 1 aliphatic rings. The Hall–Kier alpha value is -1.63. The summed E-state index contributed by atoms with van der Waals surface area (Å²) in [4.78, 5) is 40.3. The molecule has 0 aliphatic carbocycles. The van der Waals surface area contributed by atoms with Crippen LogP contribution in [-0.2, 0) is 14.4 Å². The number of carbonyl (C=O) groups is 3. The van der Waals surface area contributed by atoms with Gasteiger partial charge in [0, 0.05) is 33.2 Å². The minimum atomic E-state index is -0.595. The highest BCUT2D eigenvalue weighted by atomic mass is 16.2. The molecule has 0 bridgehead atoms. The van der Waals surface area contributed by atoms with Crippen molar-refractivity contribution in [2.75, 3.05) is 46.3 Å². The summed E-state index contributed by atoms with van der Waals surface area (Å²) in [5, 5.41) is 0. The summed E-state index contributed by atoms with van der Waals surface area (Å²) in [5.74, 6) is -1.30. The first-order chi connectivity index (χ1) is 9.71. The third kappa shape index (κ3) is 4.42. The van der Waals surface area contributed by atoms with Crippen molar-refractivity contribution >= 4 is 17.7 Å². The summed E-state index contributed by atoms with van der Waals surface area (Å²) in [6.45, 7) is 8.10. The van der Waals surface area contributed by atoms with Gasteiger partial charge in [-0.05, 0) is 18.9 Å². The van der Waals surface area contributed by atoms with Gasteiger partial charge in [0.05, 0.1) is 0 Å². The predicted molar refractivity (Wildman–Crippen MR) is 79.3 cm³/mol. The normalized spacial score (nSPS) is 16.4. The molecule has 0 atom stereocenters. The van der Waals surface area contributed by atoms with Gasteiger partial charge < -0.3 is 20.4 Å². The molecule has 7 nitrogen and oxygen atoms in total. The summed E-state index contributed by atoms with van der Waals surface area (Å²) in [5.41, 5.74) is 5.48. The zero-order valence-corrected chi connectivity index (χ0v) is 13.4. The molecule has 1 fully saturated rings. The molecular formula is C14H26N4O3. The van der Waals surface area contributed by atoms with Crippen molar-refractivity contribution in [2.24, 2.45) is 11.1 Å². The number of amides is 3. The first kappa shape index (κ1) is 17.4. The van der Waals surface area contributed by atoms with E-state index in [0.717, 1.165) is 0 Å². The largest absolute Gasteiger partial charge is 0.344 e. The van der Waals surface area contributed by atoms with Crippen LogP contribution >= 0.6 is 0 Å². The fraction of sp³-hybridized carbons (Fsp3) is 0.786. The molecule has 1 heterocycles. The van der Waals surface area contributed by atoms with Gasteiger partial charge in [-0.2, -0.15) is 0 Å². The molecule has 0 aromatic rings. The van der Waals surface area contributed by atoms with Gasteiger partial charge in [0.2, 0.25) is 5.91 Å². The second-order valence-corrected chi connectivity index (χ2v) is 6.23. The molecule has 2 N–H and O–H groups in total. The van der Waals surface area contributed by atoms with E-state index in [1.807, 2.05) is 20.8 Å². The maximum atomic E-state index is 12.2. The number of carbonyl (C=O) groups excluding carboxylic acids is 3. The van der Waals surface area contributed by atoms with E-state index < -0.39 is 11.8 Å². The van der Waals surface area contributed by atoms with Crippen molar-refractivity contribution < 1.29 is 14.4 Å². The topological polar surface area (TPSA) is 86.9 Å². The van der Waals surface area contributed by atoms with E-state index in [4.69, 9.17) is 5.73 Å². The molecule has 1 saturated heterocycles. The number of nitrogens with zero attached hydrogens (tertiary/aromatic N) is 3. The Morgan fingerprint density at radius 1 is 1.24 bits per heavy atom. The lowest BCUT2D eigenvalue weighted by Gasteiger charge is -2.34. The Bertz CT molecular complexity index is 422. The zero-order chi connectivity index (χ0) is 16.2. The third-order valence-corrected chi connectivity index (χ3v) is 3.75. The number of hydrogen-bond acceptors (Lipinski definition) is 4. The molecule has 1 aliphatic heterocycles. The van der Waals surface area contributed by atoms with E-state index >= 15 is 0 Å². The fourth-order valence-corrected chi connectivity index (χ4v) is 2.25. The van der Waals surface area contributed by atoms with Gasteiger partial charge in [0.25, 0.3) is 0 Å². The van der Waals surface area contributed by atoms with Crippen LogP contribution < -0.4 is 5.73 Å². The summed E-state index contributed by atoms with van der Waals surface area (Å²) in [7, 11) is 1.69. The van der Waals surface area contributed by atoms with E-state index in [-0.39, 0.29) is 17.9 Å². The first-order valence-electron chi connectivity index (χ1n) is 7.24. The monoisotopic (exact) mass is 298 g/mol. The molecule has 21 heavy (non-hydrogen) atoms. The second kappa shape index (κ2) is 6.89. The lowest BCUT2D eigenvalue weighted by atomic mass is 9.93. The Balaban J connectivity index is 2.59. The van der Waals surface area contributed by atoms with Crippen molar-refractivity contribution in [2.45, 2.75) is 20.8 Å². The van der Waals surface area contributed by atoms with Gasteiger partial charge in [-0.15, -0.1) is 0 Å². The van der Waals surface area contributed by atoms with E-state index in [1.165, 1.54) is 9.80 Å². The molecule has 0 aromatic carbocycles. The number of likely N-dealkylation sites (N-methyl/N-ethyl adjacent to an activating group) is 2. The highest BCUT2D eigenvalue weighted by Gasteiger charge is 2.33. The predicted octanol–water partition coefficient (Wildman–Crippen LogP) is -0.880. The Morgan fingerprint density at radius 2 is 1.76 bits per heavy atom. The number of hydrogen-bond donors (Lipinski definition) is 1. The summed E-state index contributed by atoms with van der Waals surface area (Å²) < 4.78 is 0. The summed E-state index contributed by atoms with van der Waals surface area (Å²) in [6.07, 6.45) is 0. The third-order valence-electron chi connectivity index (χ3n) is 3.75. The smallest absolute Gasteiger partial charge is 0.312 e. The summed E-state index contributed by atoms with van der Waals surface area (Å²) >= 11 is 0. The van der Waals surface area contributed by atoms with E-state index in [2.05, 4.69) is 0 Å². The van der Waals surface area contributed by atoms with Crippen LogP contribution in [0.25, 0.3) is 0 Å². The van der Waals surface area contributed by atoms with Crippen LogP contribution in [0.1, 0.15) is 20.8 Å². The van der Waals surface area contributed by atoms with E-state index in [0.29, 0.717) is 32.7 Å². The molecule has 1 rings (SSSR count). The Kier molecular flexibility index (Phi) is 5.71. The molecule has 0 aromatic heterocycles. The van der Waals surface area contributed by atoms with Crippen LogP contribution in [0.15, 0.2) is 0 Å². The second-order valence-electron chi connectivity index (χ2n) is 6.23. The standard InChI is InChI=1S/C14H26N4O3/c1-5-17-6-7-18(13(21)12(17)20)8-11(19)16(4)10-14(2,3)9-15/h5-10,15H2,1-4H3. The maximum absolute atomic E-state index is 12.2. The SMILES string of the molecule is CCN1CCN(CC(=O)N(C)CC(C)(C)CN)C(=O)C1=O. The van der Waals surface area contributed by atoms with Crippen LogP contribution in [-0.4, -0.2) is 78.7 Å². The number of piperazine rings is 1. The minimum Gasteiger partial charge on any atom is -0.344 e. The van der Waals surface area contributed by atoms with Crippen LogP contribution in [0.2, 0.25) is 0 Å². The Labute approximate surface area is 126 Å². The minimum absolute atomic E-state index is 0.0563. The van der Waals surface area contributed by atoms with Gasteiger partial charge in [-0.3, -0.25) is 14.4 Å². The number of rotatable bonds is 6. The van der Waals surface area contributed by atoms with Gasteiger partial charge in [-0.25, -0.2) is 0 Å². The van der Waals surface area contributed by atoms with Crippen LogP contribution in [0.5, 0.6) is 0 Å². The number of nitrogens with two attached hydrogens (primary N) is 1. The molecule has 7 heteroatoms. The highest BCUT2D eigenvalue weighted by molar-refractivity contribution is 6.35. The molecule has 0 spiro atoms. The van der Waals surface area contributed by atoms with Gasteiger partial charge in [-0.1, -0.05) is 13.8 Å². The Morgan fingerprint density at radius 3 is 2.29 bits per heavy atom. The van der Waals surface area contributed by atoms with Crippen LogP contribution in [0, 0.1) is 5.41 Å². The van der Waals surface area contributed by atoms with Crippen molar-refractivity contribution in [3.8, 4) is 0 Å². The van der Waals surface area contributed by atoms with Crippen molar-refractivity contribution in [3.63, 3.8) is 0 Å². The summed E-state index contributed by atoms with van der Waals surface area (Å²) in [6, 6.07) is 0. The molecule has 0 radical (unpaired) electrons. The van der Waals surface area contributed by atoms with Crippen molar-refractivity contribution in [3.05, 3.63) is 0 Å². The van der Waals surface area contributed by atoms with E-state index in [1.54, 1.807) is 11.9 Å². The molecule has 0 saturated carbocycles. The molecule has 3 amide bonds. The molecule has 0 unspecified atom stereocenters. The van der Waals surface area contributed by atoms with Gasteiger partial charge in [0.15, 0.2) is 0 Å². The first-order valence-corrected chi connectivity index (χ1v) is 7.24. The van der Waals surface area contributed by atoms with Gasteiger partial charge in [0.1, 0.15) is 6.54 Å². The van der Waals surface area contributed by atoms with Crippen LogP contribution in [0.3, 0.4) is 0 Å². The van der Waals surface area contributed by atoms with E-state index in [9.17, 15) is 14.4 Å². The quantitative estimate of drug-likeness (QED) is 0.645. The zero-order valence-electron chi connectivity index (χ0n) is 13.4. The maximum Gasteiger partial charge on any atom is 0.312 e. The fourth-order valence-electron chi connectivity index (χ4n) is 2.25. The molecular weight excluding hydrogens is 272 g/mol. The molecule has 120 valence electrons. The highest BCUT2D eigenvalue weighted by Crippen LogP contribution is 2.14. The lowest BCUT2D eigenvalue weighted by Crippen LogP contribution is -2.56. The average Bonchev–Trinajstić information content (AvgIpc) is 2.43. The van der Waals surface area contributed by atoms with Crippen molar-refractivity contribution in [1.82, 2.24) is 14.7 Å². The lowest BCUT2D eigenvalue weighted by molar-refractivity contribution is -0.157. The van der Waals surface area contributed by atoms with Crippen LogP contribution in [0.4, 0.5) is 0 Å². The van der Waals surface area contributed by atoms with Crippen molar-refractivity contribution in [1.29, 1.82) is 0 Å².